The monoisotopic (exact) mass is 344 g/mol. The first kappa shape index (κ1) is 17.9. The lowest BCUT2D eigenvalue weighted by Crippen LogP contribution is -2.24. The van der Waals surface area contributed by atoms with Gasteiger partial charge in [-0.15, -0.1) is 0 Å². The van der Waals surface area contributed by atoms with E-state index in [1.54, 1.807) is 0 Å². The number of carbonyl (C=O) groups is 1. The highest BCUT2D eigenvalue weighted by atomic mass is 35.5. The second kappa shape index (κ2) is 8.99. The van der Waals surface area contributed by atoms with Gasteiger partial charge in [-0.1, -0.05) is 60.2 Å². The van der Waals surface area contributed by atoms with Crippen molar-refractivity contribution >= 4 is 29.5 Å². The molecule has 0 bridgehead atoms. The summed E-state index contributed by atoms with van der Waals surface area (Å²) in [6, 6.07) is 13.3. The van der Waals surface area contributed by atoms with Gasteiger partial charge in [-0.25, -0.2) is 4.79 Å². The van der Waals surface area contributed by atoms with Crippen LogP contribution in [0.3, 0.4) is 0 Å². The highest BCUT2D eigenvalue weighted by molar-refractivity contribution is 6.33. The first-order valence-corrected chi connectivity index (χ1v) is 8.11. The number of halogens is 1. The maximum absolute atomic E-state index is 11.6. The van der Waals surface area contributed by atoms with Gasteiger partial charge in [-0.3, -0.25) is 0 Å². The van der Waals surface area contributed by atoms with Gasteiger partial charge >= 0.3 is 6.09 Å². The lowest BCUT2D eigenvalue weighted by molar-refractivity contribution is 0.140. The van der Waals surface area contributed by atoms with Crippen LogP contribution in [0, 0.1) is 6.92 Å². The standard InChI is InChI=1S/C19H21ClN2O2/c1-14-17(21)11-10-16(18(14)20)9-5-6-12-22-19(23)24-13-15-7-3-2-4-8-15/h2-5,7-11H,6,12-13,21H2,1H3,(H,22,23). The molecule has 4 nitrogen and oxygen atoms in total. The summed E-state index contributed by atoms with van der Waals surface area (Å²) >= 11 is 6.24. The molecular formula is C19H21ClN2O2. The summed E-state index contributed by atoms with van der Waals surface area (Å²) in [5.41, 5.74) is 9.23. The Kier molecular flexibility index (Phi) is 6.70. The molecule has 0 saturated heterocycles. The number of hydrogen-bond donors (Lipinski definition) is 2. The van der Waals surface area contributed by atoms with Gasteiger partial charge in [0.25, 0.3) is 0 Å². The third kappa shape index (κ3) is 5.32. The molecule has 0 aromatic heterocycles. The number of ether oxygens (including phenoxy) is 1. The number of nitrogens with one attached hydrogen (secondary N) is 1. The molecule has 1 amide bonds. The molecule has 2 aromatic carbocycles. The minimum Gasteiger partial charge on any atom is -0.445 e. The fourth-order valence-electron chi connectivity index (χ4n) is 2.09. The Bertz CT molecular complexity index is 715. The van der Waals surface area contributed by atoms with Crippen LogP contribution >= 0.6 is 11.6 Å². The van der Waals surface area contributed by atoms with Crippen LogP contribution in [0.5, 0.6) is 0 Å². The number of alkyl carbamates (subject to hydrolysis) is 1. The summed E-state index contributed by atoms with van der Waals surface area (Å²) in [7, 11) is 0. The van der Waals surface area contributed by atoms with Crippen molar-refractivity contribution < 1.29 is 9.53 Å². The molecule has 2 rings (SSSR count). The van der Waals surface area contributed by atoms with Crippen LogP contribution in [0.4, 0.5) is 10.5 Å². The zero-order valence-corrected chi connectivity index (χ0v) is 14.3. The SMILES string of the molecule is Cc1c(N)ccc(C=CCCNC(=O)OCc2ccccc2)c1Cl. The molecule has 0 aliphatic heterocycles. The third-order valence-electron chi connectivity index (χ3n) is 3.55. The number of carbonyl (C=O) groups excluding carboxylic acids is 1. The van der Waals surface area contributed by atoms with E-state index in [4.69, 9.17) is 22.1 Å². The first-order valence-electron chi connectivity index (χ1n) is 7.73. The summed E-state index contributed by atoms with van der Waals surface area (Å²) in [4.78, 5) is 11.6. The van der Waals surface area contributed by atoms with Crippen molar-refractivity contribution in [2.45, 2.75) is 20.0 Å². The zero-order chi connectivity index (χ0) is 17.4. The number of rotatable bonds is 6. The van der Waals surface area contributed by atoms with E-state index >= 15 is 0 Å². The number of nitrogen functional groups attached to an aromatic ring is 1. The number of anilines is 1. The Hall–Kier alpha value is -2.46. The van der Waals surface area contributed by atoms with Crippen LogP contribution in [-0.2, 0) is 11.3 Å². The van der Waals surface area contributed by atoms with E-state index in [1.807, 2.05) is 61.5 Å². The average molecular weight is 345 g/mol. The van der Waals surface area contributed by atoms with Crippen molar-refractivity contribution in [1.82, 2.24) is 5.32 Å². The molecule has 0 saturated carbocycles. The molecular weight excluding hydrogens is 324 g/mol. The van der Waals surface area contributed by atoms with Gasteiger partial charge in [0.2, 0.25) is 0 Å². The highest BCUT2D eigenvalue weighted by Gasteiger charge is 2.03. The molecule has 0 fully saturated rings. The summed E-state index contributed by atoms with van der Waals surface area (Å²) < 4.78 is 5.13. The van der Waals surface area contributed by atoms with Crippen LogP contribution in [0.25, 0.3) is 6.08 Å². The first-order chi connectivity index (χ1) is 11.6. The van der Waals surface area contributed by atoms with Crippen LogP contribution < -0.4 is 11.1 Å². The predicted octanol–water partition coefficient (Wildman–Crippen LogP) is 4.56. The van der Waals surface area contributed by atoms with Gasteiger partial charge in [-0.05, 0) is 36.1 Å². The maximum Gasteiger partial charge on any atom is 0.407 e. The Morgan fingerprint density at radius 1 is 1.25 bits per heavy atom. The van der Waals surface area contributed by atoms with Crippen LogP contribution in [0.1, 0.15) is 23.1 Å². The molecule has 0 aliphatic carbocycles. The van der Waals surface area contributed by atoms with Crippen molar-refractivity contribution in [1.29, 1.82) is 0 Å². The molecule has 0 heterocycles. The molecule has 0 spiro atoms. The van der Waals surface area contributed by atoms with Crippen LogP contribution in [0.2, 0.25) is 5.02 Å². The third-order valence-corrected chi connectivity index (χ3v) is 4.05. The van der Waals surface area contributed by atoms with Crippen molar-refractivity contribution in [3.63, 3.8) is 0 Å². The van der Waals surface area contributed by atoms with E-state index in [0.29, 0.717) is 23.7 Å². The molecule has 2 aromatic rings. The maximum atomic E-state index is 11.6. The Labute approximate surface area is 147 Å². The highest BCUT2D eigenvalue weighted by Crippen LogP contribution is 2.26. The lowest BCUT2D eigenvalue weighted by Gasteiger charge is -2.07. The molecule has 126 valence electrons. The van der Waals surface area contributed by atoms with E-state index < -0.39 is 6.09 Å². The minimum atomic E-state index is -0.423. The van der Waals surface area contributed by atoms with Crippen LogP contribution in [0.15, 0.2) is 48.5 Å². The molecule has 24 heavy (non-hydrogen) atoms. The average Bonchev–Trinajstić information content (AvgIpc) is 2.60. The van der Waals surface area contributed by atoms with Gasteiger partial charge in [0.15, 0.2) is 0 Å². The minimum absolute atomic E-state index is 0.267. The van der Waals surface area contributed by atoms with E-state index in [-0.39, 0.29) is 6.61 Å². The van der Waals surface area contributed by atoms with Crippen LogP contribution in [-0.4, -0.2) is 12.6 Å². The van der Waals surface area contributed by atoms with Crippen molar-refractivity contribution in [2.24, 2.45) is 0 Å². The van der Waals surface area contributed by atoms with E-state index in [2.05, 4.69) is 5.32 Å². The molecule has 0 atom stereocenters. The Balaban J connectivity index is 1.71. The van der Waals surface area contributed by atoms with Gasteiger partial charge in [0.1, 0.15) is 6.61 Å². The summed E-state index contributed by atoms with van der Waals surface area (Å²) in [5.74, 6) is 0. The van der Waals surface area contributed by atoms with Gasteiger partial charge in [0, 0.05) is 12.2 Å². The quantitative estimate of drug-likeness (QED) is 0.596. The van der Waals surface area contributed by atoms with E-state index in [0.717, 1.165) is 16.7 Å². The molecule has 0 aliphatic rings. The fraction of sp³-hybridized carbons (Fsp3) is 0.211. The molecule has 5 heteroatoms. The number of nitrogens with two attached hydrogens (primary N) is 1. The molecule has 3 N–H and O–H groups in total. The molecule has 0 unspecified atom stereocenters. The largest absolute Gasteiger partial charge is 0.445 e. The number of benzene rings is 2. The summed E-state index contributed by atoms with van der Waals surface area (Å²) in [6.07, 6.45) is 4.13. The Morgan fingerprint density at radius 2 is 2.00 bits per heavy atom. The summed E-state index contributed by atoms with van der Waals surface area (Å²) in [6.45, 7) is 2.65. The normalized spacial score (nSPS) is 10.8. The second-order valence-corrected chi connectivity index (χ2v) is 5.74. The predicted molar refractivity (Wildman–Crippen MR) is 98.9 cm³/mol. The number of amides is 1. The van der Waals surface area contributed by atoms with Gasteiger partial charge in [0.05, 0.1) is 5.02 Å². The second-order valence-electron chi connectivity index (χ2n) is 5.36. The lowest BCUT2D eigenvalue weighted by atomic mass is 10.1. The van der Waals surface area contributed by atoms with Crippen molar-refractivity contribution in [2.75, 3.05) is 12.3 Å². The van der Waals surface area contributed by atoms with Crippen molar-refractivity contribution in [3.8, 4) is 0 Å². The summed E-state index contributed by atoms with van der Waals surface area (Å²) in [5, 5.41) is 3.36. The van der Waals surface area contributed by atoms with E-state index in [1.165, 1.54) is 0 Å². The van der Waals surface area contributed by atoms with Crippen molar-refractivity contribution in [3.05, 3.63) is 70.3 Å². The van der Waals surface area contributed by atoms with Gasteiger partial charge < -0.3 is 15.8 Å². The van der Waals surface area contributed by atoms with E-state index in [9.17, 15) is 4.79 Å². The fourth-order valence-corrected chi connectivity index (χ4v) is 2.33. The van der Waals surface area contributed by atoms with Gasteiger partial charge in [-0.2, -0.15) is 0 Å². The number of hydrogen-bond acceptors (Lipinski definition) is 3. The smallest absolute Gasteiger partial charge is 0.407 e. The zero-order valence-electron chi connectivity index (χ0n) is 13.6. The molecule has 0 radical (unpaired) electrons. The Morgan fingerprint density at radius 3 is 2.75 bits per heavy atom. The topological polar surface area (TPSA) is 64.3 Å².